The number of carboxylic acids is 1. The van der Waals surface area contributed by atoms with Gasteiger partial charge >= 0.3 is 5.97 Å². The van der Waals surface area contributed by atoms with Gasteiger partial charge in [0.2, 0.25) is 5.91 Å². The SMILES string of the molecule is CC1C(=O)NCC(C(=O)O)CN1CCN(C)C. The van der Waals surface area contributed by atoms with Gasteiger partial charge in [-0.25, -0.2) is 0 Å². The largest absolute Gasteiger partial charge is 0.481 e. The molecule has 1 saturated heterocycles. The molecule has 1 aliphatic rings. The molecule has 0 aromatic heterocycles. The topological polar surface area (TPSA) is 72.9 Å². The number of carbonyl (C=O) groups excluding carboxylic acids is 1. The van der Waals surface area contributed by atoms with Crippen LogP contribution >= 0.6 is 0 Å². The van der Waals surface area contributed by atoms with Crippen molar-refractivity contribution >= 4 is 11.9 Å². The third-order valence-electron chi connectivity index (χ3n) is 3.09. The van der Waals surface area contributed by atoms with Crippen LogP contribution in [0.4, 0.5) is 0 Å². The van der Waals surface area contributed by atoms with Gasteiger partial charge < -0.3 is 15.3 Å². The Morgan fingerprint density at radius 2 is 2.24 bits per heavy atom. The van der Waals surface area contributed by atoms with Crippen molar-refractivity contribution in [3.8, 4) is 0 Å². The fraction of sp³-hybridized carbons (Fsp3) is 0.818. The highest BCUT2D eigenvalue weighted by Crippen LogP contribution is 2.10. The van der Waals surface area contributed by atoms with Gasteiger partial charge in [0.25, 0.3) is 0 Å². The number of amides is 1. The van der Waals surface area contributed by atoms with Crippen LogP contribution in [-0.4, -0.2) is 73.1 Å². The first-order valence-electron chi connectivity index (χ1n) is 5.81. The van der Waals surface area contributed by atoms with Crippen molar-refractivity contribution in [1.82, 2.24) is 15.1 Å². The van der Waals surface area contributed by atoms with E-state index in [1.165, 1.54) is 0 Å². The smallest absolute Gasteiger partial charge is 0.309 e. The lowest BCUT2D eigenvalue weighted by Crippen LogP contribution is -2.45. The highest BCUT2D eigenvalue weighted by molar-refractivity contribution is 5.82. The first kappa shape index (κ1) is 13.9. The number of rotatable bonds is 4. The van der Waals surface area contributed by atoms with Gasteiger partial charge in [-0.05, 0) is 21.0 Å². The quantitative estimate of drug-likeness (QED) is 0.667. The Morgan fingerprint density at radius 3 is 2.76 bits per heavy atom. The number of nitrogens with zero attached hydrogens (tertiary/aromatic N) is 2. The number of hydrogen-bond donors (Lipinski definition) is 2. The fourth-order valence-electron chi connectivity index (χ4n) is 1.82. The second-order valence-corrected chi connectivity index (χ2v) is 4.75. The average Bonchev–Trinajstić information content (AvgIpc) is 2.38. The normalized spacial score (nSPS) is 26.7. The summed E-state index contributed by atoms with van der Waals surface area (Å²) in [6.07, 6.45) is 0. The van der Waals surface area contributed by atoms with E-state index in [2.05, 4.69) is 5.32 Å². The Labute approximate surface area is 102 Å². The van der Waals surface area contributed by atoms with Crippen LogP contribution in [0.5, 0.6) is 0 Å². The third-order valence-corrected chi connectivity index (χ3v) is 3.09. The van der Waals surface area contributed by atoms with Gasteiger partial charge in [-0.1, -0.05) is 0 Å². The lowest BCUT2D eigenvalue weighted by molar-refractivity contribution is -0.142. The highest BCUT2D eigenvalue weighted by atomic mass is 16.4. The minimum Gasteiger partial charge on any atom is -0.481 e. The Hall–Kier alpha value is -1.14. The molecule has 2 atom stereocenters. The van der Waals surface area contributed by atoms with E-state index in [4.69, 9.17) is 5.11 Å². The summed E-state index contributed by atoms with van der Waals surface area (Å²) in [6.45, 7) is 3.96. The van der Waals surface area contributed by atoms with E-state index < -0.39 is 11.9 Å². The van der Waals surface area contributed by atoms with Crippen molar-refractivity contribution in [3.63, 3.8) is 0 Å². The summed E-state index contributed by atoms with van der Waals surface area (Å²) in [6, 6.07) is -0.265. The van der Waals surface area contributed by atoms with Crippen molar-refractivity contribution in [2.24, 2.45) is 5.92 Å². The van der Waals surface area contributed by atoms with Crippen molar-refractivity contribution in [1.29, 1.82) is 0 Å². The second kappa shape index (κ2) is 5.97. The molecule has 6 nitrogen and oxygen atoms in total. The maximum absolute atomic E-state index is 11.7. The zero-order chi connectivity index (χ0) is 13.0. The van der Waals surface area contributed by atoms with Crippen molar-refractivity contribution in [3.05, 3.63) is 0 Å². The van der Waals surface area contributed by atoms with E-state index in [1.54, 1.807) is 0 Å². The summed E-state index contributed by atoms with van der Waals surface area (Å²) in [7, 11) is 3.91. The Bertz CT molecular complexity index is 294. The lowest BCUT2D eigenvalue weighted by atomic mass is 10.1. The van der Waals surface area contributed by atoms with E-state index in [1.807, 2.05) is 30.8 Å². The maximum Gasteiger partial charge on any atom is 0.309 e. The Kier molecular flexibility index (Phi) is 4.89. The summed E-state index contributed by atoms with van der Waals surface area (Å²) >= 11 is 0. The summed E-state index contributed by atoms with van der Waals surface area (Å²) in [4.78, 5) is 26.6. The first-order valence-corrected chi connectivity index (χ1v) is 5.81. The van der Waals surface area contributed by atoms with Crippen LogP contribution < -0.4 is 5.32 Å². The van der Waals surface area contributed by atoms with E-state index in [0.29, 0.717) is 13.1 Å². The number of aliphatic carboxylic acids is 1. The van der Waals surface area contributed by atoms with Crippen LogP contribution in [0.25, 0.3) is 0 Å². The van der Waals surface area contributed by atoms with Gasteiger partial charge in [-0.3, -0.25) is 14.5 Å². The molecule has 6 heteroatoms. The lowest BCUT2D eigenvalue weighted by Gasteiger charge is -2.27. The molecule has 17 heavy (non-hydrogen) atoms. The number of carboxylic acid groups (broad SMARTS) is 1. The molecule has 2 unspecified atom stereocenters. The molecule has 1 heterocycles. The minimum absolute atomic E-state index is 0.0903. The van der Waals surface area contributed by atoms with E-state index in [0.717, 1.165) is 6.54 Å². The zero-order valence-corrected chi connectivity index (χ0v) is 10.6. The van der Waals surface area contributed by atoms with Gasteiger partial charge in [-0.2, -0.15) is 0 Å². The summed E-state index contributed by atoms with van der Waals surface area (Å²) in [5, 5.41) is 11.7. The van der Waals surface area contributed by atoms with Gasteiger partial charge in [0.05, 0.1) is 12.0 Å². The Morgan fingerprint density at radius 1 is 1.59 bits per heavy atom. The van der Waals surface area contributed by atoms with Crippen LogP contribution in [-0.2, 0) is 9.59 Å². The monoisotopic (exact) mass is 243 g/mol. The predicted molar refractivity (Wildman–Crippen MR) is 63.7 cm³/mol. The third kappa shape index (κ3) is 3.98. The van der Waals surface area contributed by atoms with Crippen LogP contribution in [0.15, 0.2) is 0 Å². The van der Waals surface area contributed by atoms with Gasteiger partial charge in [0, 0.05) is 26.2 Å². The minimum atomic E-state index is -0.853. The predicted octanol–water partition coefficient (Wildman–Crippen LogP) is -0.931. The summed E-state index contributed by atoms with van der Waals surface area (Å²) < 4.78 is 0. The molecule has 98 valence electrons. The van der Waals surface area contributed by atoms with E-state index in [9.17, 15) is 9.59 Å². The molecule has 0 aromatic carbocycles. The molecule has 2 N–H and O–H groups in total. The molecule has 0 saturated carbocycles. The van der Waals surface area contributed by atoms with Crippen LogP contribution in [0.3, 0.4) is 0 Å². The molecule has 1 amide bonds. The van der Waals surface area contributed by atoms with Crippen LogP contribution in [0.2, 0.25) is 0 Å². The molecular weight excluding hydrogens is 222 g/mol. The molecule has 1 aliphatic heterocycles. The van der Waals surface area contributed by atoms with Gasteiger partial charge in [0.15, 0.2) is 0 Å². The van der Waals surface area contributed by atoms with E-state index in [-0.39, 0.29) is 18.5 Å². The summed E-state index contributed by atoms with van der Waals surface area (Å²) in [5.74, 6) is -1.46. The molecule has 0 aliphatic carbocycles. The number of hydrogen-bond acceptors (Lipinski definition) is 4. The zero-order valence-electron chi connectivity index (χ0n) is 10.6. The van der Waals surface area contributed by atoms with Crippen LogP contribution in [0, 0.1) is 5.92 Å². The molecular formula is C11H21N3O3. The summed E-state index contributed by atoms with van der Waals surface area (Å²) in [5.41, 5.74) is 0. The Balaban J connectivity index is 2.67. The molecule has 0 aromatic rings. The molecule has 0 bridgehead atoms. The van der Waals surface area contributed by atoms with Crippen molar-refractivity contribution in [2.45, 2.75) is 13.0 Å². The second-order valence-electron chi connectivity index (χ2n) is 4.75. The maximum atomic E-state index is 11.7. The average molecular weight is 243 g/mol. The standard InChI is InChI=1S/C11H21N3O3/c1-8-10(15)12-6-9(11(16)17)7-14(8)5-4-13(2)3/h8-9H,4-7H2,1-3H3,(H,12,15)(H,16,17). The van der Waals surface area contributed by atoms with E-state index >= 15 is 0 Å². The first-order chi connectivity index (χ1) is 7.91. The highest BCUT2D eigenvalue weighted by Gasteiger charge is 2.31. The van der Waals surface area contributed by atoms with Crippen molar-refractivity contribution < 1.29 is 14.7 Å². The number of nitrogens with one attached hydrogen (secondary N) is 1. The number of likely N-dealkylation sites (N-methyl/N-ethyl adjacent to an activating group) is 1. The molecule has 1 rings (SSSR count). The van der Waals surface area contributed by atoms with Gasteiger partial charge in [0.1, 0.15) is 0 Å². The molecule has 0 spiro atoms. The van der Waals surface area contributed by atoms with Crippen LogP contribution in [0.1, 0.15) is 6.92 Å². The molecule has 0 radical (unpaired) electrons. The molecule has 1 fully saturated rings. The van der Waals surface area contributed by atoms with Gasteiger partial charge in [-0.15, -0.1) is 0 Å². The van der Waals surface area contributed by atoms with Crippen molar-refractivity contribution in [2.75, 3.05) is 40.3 Å². The number of carbonyl (C=O) groups is 2. The fourth-order valence-corrected chi connectivity index (χ4v) is 1.82.